The third kappa shape index (κ3) is 12.3. The van der Waals surface area contributed by atoms with Crippen LogP contribution in [0.1, 0.15) is 48.5 Å². The summed E-state index contributed by atoms with van der Waals surface area (Å²) >= 11 is 0. The molecule has 138 valence electrons. The summed E-state index contributed by atoms with van der Waals surface area (Å²) in [6.07, 6.45) is 1.14. The fourth-order valence-electron chi connectivity index (χ4n) is 1.22. The average molecular weight is 345 g/mol. The van der Waals surface area contributed by atoms with Crippen molar-refractivity contribution in [1.29, 1.82) is 0 Å². The third-order valence-corrected chi connectivity index (χ3v) is 1.99. The maximum atomic E-state index is 12.1. The summed E-state index contributed by atoms with van der Waals surface area (Å²) in [7, 11) is 0. The molecule has 0 unspecified atom stereocenters. The summed E-state index contributed by atoms with van der Waals surface area (Å²) < 4.78 is 14.9. The maximum Gasteiger partial charge on any atom is 0.534 e. The number of carbonyl (C=O) groups excluding carboxylic acids is 3. The second kappa shape index (κ2) is 9.14. The Balaban J connectivity index is 4.79. The first-order valence-electron chi connectivity index (χ1n) is 7.50. The molecule has 8 nitrogen and oxygen atoms in total. The highest BCUT2D eigenvalue weighted by Crippen LogP contribution is 2.13. The minimum atomic E-state index is -1.03. The largest absolute Gasteiger partial charge is 0.534 e. The Bertz CT molecular complexity index is 472. The van der Waals surface area contributed by atoms with Crippen molar-refractivity contribution >= 4 is 18.2 Å². The van der Waals surface area contributed by atoms with Gasteiger partial charge in [-0.05, 0) is 47.6 Å². The van der Waals surface area contributed by atoms with E-state index in [1.807, 2.05) is 0 Å². The van der Waals surface area contributed by atoms with E-state index in [1.54, 1.807) is 41.5 Å². The highest BCUT2D eigenvalue weighted by Gasteiger charge is 2.27. The van der Waals surface area contributed by atoms with Crippen molar-refractivity contribution in [3.8, 4) is 0 Å². The van der Waals surface area contributed by atoms with Crippen LogP contribution in [0.3, 0.4) is 0 Å². The fraction of sp³-hybridized carbons (Fsp3) is 0.688. The molecule has 0 aliphatic heterocycles. The number of carbonyl (C=O) groups is 3. The first-order valence-corrected chi connectivity index (χ1v) is 7.50. The van der Waals surface area contributed by atoms with Gasteiger partial charge in [0.2, 0.25) is 0 Å². The van der Waals surface area contributed by atoms with Crippen LogP contribution in [-0.2, 0) is 23.8 Å². The van der Waals surface area contributed by atoms with E-state index in [2.05, 4.69) is 0 Å². The summed E-state index contributed by atoms with van der Waals surface area (Å²) in [4.78, 5) is 39.4. The van der Waals surface area contributed by atoms with Gasteiger partial charge in [-0.25, -0.2) is 9.59 Å². The molecule has 0 aliphatic rings. The first-order chi connectivity index (χ1) is 10.8. The molecule has 0 fully saturated rings. The zero-order valence-corrected chi connectivity index (χ0v) is 15.4. The van der Waals surface area contributed by atoms with Crippen LogP contribution >= 0.6 is 0 Å². The van der Waals surface area contributed by atoms with Crippen LogP contribution in [0.2, 0.25) is 0 Å². The van der Waals surface area contributed by atoms with E-state index in [1.165, 1.54) is 19.1 Å². The molecule has 0 aromatic rings. The first kappa shape index (κ1) is 21.8. The molecule has 24 heavy (non-hydrogen) atoms. The van der Waals surface area contributed by atoms with Crippen molar-refractivity contribution < 1.29 is 33.4 Å². The molecular weight excluding hydrogens is 318 g/mol. The van der Waals surface area contributed by atoms with Crippen LogP contribution in [-0.4, -0.2) is 47.6 Å². The molecule has 0 aliphatic carbocycles. The Labute approximate surface area is 142 Å². The maximum absolute atomic E-state index is 12.1. The van der Waals surface area contributed by atoms with Crippen molar-refractivity contribution in [1.82, 2.24) is 5.06 Å². The van der Waals surface area contributed by atoms with Gasteiger partial charge in [-0.15, -0.1) is 5.06 Å². The highest BCUT2D eigenvalue weighted by atomic mass is 16.8. The number of hydroxylamine groups is 2. The minimum Gasteiger partial charge on any atom is -0.462 e. The summed E-state index contributed by atoms with van der Waals surface area (Å²) in [5, 5.41) is 0.726. The Morgan fingerprint density at radius 1 is 0.917 bits per heavy atom. The lowest BCUT2D eigenvalue weighted by Crippen LogP contribution is -2.39. The molecule has 0 aromatic heterocycles. The van der Waals surface area contributed by atoms with Crippen molar-refractivity contribution in [2.24, 2.45) is 0 Å². The van der Waals surface area contributed by atoms with Crippen LogP contribution in [0.4, 0.5) is 9.59 Å². The lowest BCUT2D eigenvalue weighted by molar-refractivity contribution is -0.139. The molecule has 1 amide bonds. The molecule has 0 N–H and O–H groups in total. The SMILES string of the molecule is CC(=O)OC/C=C/CN(OC(=O)OC(C)(C)C)C(=O)OC(C)(C)C. The van der Waals surface area contributed by atoms with E-state index in [0.29, 0.717) is 0 Å². The number of rotatable bonds is 4. The number of nitrogens with zero attached hydrogens (tertiary/aromatic N) is 1. The Kier molecular flexibility index (Phi) is 8.29. The lowest BCUT2D eigenvalue weighted by atomic mass is 10.2. The molecule has 0 rings (SSSR count). The smallest absolute Gasteiger partial charge is 0.462 e. The van der Waals surface area contributed by atoms with E-state index < -0.39 is 29.4 Å². The van der Waals surface area contributed by atoms with E-state index in [9.17, 15) is 14.4 Å². The monoisotopic (exact) mass is 345 g/mol. The number of amides is 1. The van der Waals surface area contributed by atoms with E-state index in [4.69, 9.17) is 19.0 Å². The van der Waals surface area contributed by atoms with Gasteiger partial charge in [0, 0.05) is 6.92 Å². The number of esters is 1. The summed E-state index contributed by atoms with van der Waals surface area (Å²) in [5.41, 5.74) is -1.52. The van der Waals surface area contributed by atoms with Crippen molar-refractivity contribution in [2.75, 3.05) is 13.2 Å². The lowest BCUT2D eigenvalue weighted by Gasteiger charge is -2.26. The normalized spacial score (nSPS) is 11.8. The number of ether oxygens (including phenoxy) is 3. The van der Waals surface area contributed by atoms with Crippen molar-refractivity contribution in [3.63, 3.8) is 0 Å². The predicted octanol–water partition coefficient (Wildman–Crippen LogP) is 3.21. The topological polar surface area (TPSA) is 91.4 Å². The molecule has 0 radical (unpaired) electrons. The van der Waals surface area contributed by atoms with Crippen LogP contribution in [0, 0.1) is 0 Å². The van der Waals surface area contributed by atoms with Gasteiger partial charge >= 0.3 is 18.2 Å². The molecule has 0 spiro atoms. The van der Waals surface area contributed by atoms with Gasteiger partial charge in [0.1, 0.15) is 17.8 Å². The molecule has 0 atom stereocenters. The van der Waals surface area contributed by atoms with Gasteiger partial charge in [-0.1, -0.05) is 6.08 Å². The zero-order chi connectivity index (χ0) is 19.0. The minimum absolute atomic E-state index is 0.0456. The van der Waals surface area contributed by atoms with Gasteiger partial charge in [0.15, 0.2) is 0 Å². The van der Waals surface area contributed by atoms with Gasteiger partial charge in [-0.3, -0.25) is 9.63 Å². The number of hydrogen-bond acceptors (Lipinski definition) is 7. The highest BCUT2D eigenvalue weighted by molar-refractivity contribution is 5.70. The second-order valence-electron chi connectivity index (χ2n) is 6.87. The van der Waals surface area contributed by atoms with Gasteiger partial charge in [0.25, 0.3) is 0 Å². The molecule has 8 heteroatoms. The molecule has 0 heterocycles. The van der Waals surface area contributed by atoms with E-state index in [-0.39, 0.29) is 13.2 Å². The summed E-state index contributed by atoms with van der Waals surface area (Å²) in [6.45, 7) is 11.3. The van der Waals surface area contributed by atoms with Gasteiger partial charge in [-0.2, -0.15) is 0 Å². The Hall–Kier alpha value is -2.25. The number of hydrogen-bond donors (Lipinski definition) is 0. The van der Waals surface area contributed by atoms with Gasteiger partial charge < -0.3 is 14.2 Å². The third-order valence-electron chi connectivity index (χ3n) is 1.99. The molecule has 0 aromatic carbocycles. The molecular formula is C16H27NO7. The molecule has 0 saturated heterocycles. The van der Waals surface area contributed by atoms with E-state index in [0.717, 1.165) is 5.06 Å². The molecule has 0 bridgehead atoms. The standard InChI is InChI=1S/C16H27NO7/c1-12(18)21-11-9-8-10-17(13(19)22-15(2,3)4)24-14(20)23-16(5,6)7/h8-9H,10-11H2,1-7H3/b9-8+. The predicted molar refractivity (Wildman–Crippen MR) is 86.0 cm³/mol. The molecule has 0 saturated carbocycles. The van der Waals surface area contributed by atoms with Gasteiger partial charge in [0.05, 0.1) is 6.54 Å². The van der Waals surface area contributed by atoms with Crippen LogP contribution in [0.15, 0.2) is 12.2 Å². The van der Waals surface area contributed by atoms with Crippen LogP contribution < -0.4 is 0 Å². The van der Waals surface area contributed by atoms with Crippen LogP contribution in [0.5, 0.6) is 0 Å². The zero-order valence-electron chi connectivity index (χ0n) is 15.4. The fourth-order valence-corrected chi connectivity index (χ4v) is 1.22. The Morgan fingerprint density at radius 2 is 1.46 bits per heavy atom. The summed E-state index contributed by atoms with van der Waals surface area (Å²) in [5.74, 6) is -0.423. The quantitative estimate of drug-likeness (QED) is 0.334. The summed E-state index contributed by atoms with van der Waals surface area (Å²) in [6, 6.07) is 0. The Morgan fingerprint density at radius 3 is 1.92 bits per heavy atom. The van der Waals surface area contributed by atoms with E-state index >= 15 is 0 Å². The van der Waals surface area contributed by atoms with Crippen molar-refractivity contribution in [3.05, 3.63) is 12.2 Å². The second-order valence-corrected chi connectivity index (χ2v) is 6.87. The van der Waals surface area contributed by atoms with Crippen LogP contribution in [0.25, 0.3) is 0 Å². The van der Waals surface area contributed by atoms with Crippen molar-refractivity contribution in [2.45, 2.75) is 59.7 Å². The average Bonchev–Trinajstić information content (AvgIpc) is 2.32.